The van der Waals surface area contributed by atoms with Crippen LogP contribution in [0.25, 0.3) is 11.3 Å². The fraction of sp³-hybridized carbons (Fsp3) is 0.278. The maximum absolute atomic E-state index is 12.6. The molecular formula is C18H18N4O3. The van der Waals surface area contributed by atoms with Crippen LogP contribution in [0.4, 0.5) is 0 Å². The number of aliphatic hydroxyl groups is 1. The van der Waals surface area contributed by atoms with E-state index in [1.54, 1.807) is 10.9 Å². The molecule has 1 aromatic carbocycles. The van der Waals surface area contributed by atoms with Crippen LogP contribution in [-0.2, 0) is 0 Å². The molecule has 2 heterocycles. The average Bonchev–Trinajstić information content (AvgIpc) is 3.24. The van der Waals surface area contributed by atoms with Gasteiger partial charge in [-0.2, -0.15) is 5.10 Å². The van der Waals surface area contributed by atoms with Crippen LogP contribution >= 0.6 is 0 Å². The molecule has 0 radical (unpaired) electrons. The van der Waals surface area contributed by atoms with Gasteiger partial charge in [0.15, 0.2) is 6.39 Å². The van der Waals surface area contributed by atoms with Crippen LogP contribution < -0.4 is 5.32 Å². The topological polar surface area (TPSA) is 93.2 Å². The van der Waals surface area contributed by atoms with Gasteiger partial charge < -0.3 is 14.8 Å². The van der Waals surface area contributed by atoms with Gasteiger partial charge in [0.1, 0.15) is 5.69 Å². The fourth-order valence-electron chi connectivity index (χ4n) is 3.16. The second-order valence-electron chi connectivity index (χ2n) is 6.27. The number of nitrogens with zero attached hydrogens (tertiary/aromatic N) is 3. The number of benzene rings is 1. The molecule has 0 bridgehead atoms. The SMILES string of the molecule is Cc1cnn([C@H]2[C@H](O)C[C@@H]2NC(=O)c2ocnc2-c2ccccc2)c1. The molecule has 1 saturated carbocycles. The van der Waals surface area contributed by atoms with E-state index in [0.717, 1.165) is 11.1 Å². The Hall–Kier alpha value is -2.93. The molecule has 7 nitrogen and oxygen atoms in total. The molecule has 0 saturated heterocycles. The average molecular weight is 338 g/mol. The van der Waals surface area contributed by atoms with Gasteiger partial charge in [-0.15, -0.1) is 0 Å². The largest absolute Gasteiger partial charge is 0.438 e. The van der Waals surface area contributed by atoms with E-state index in [0.29, 0.717) is 12.1 Å². The van der Waals surface area contributed by atoms with Crippen LogP contribution in [-0.4, -0.2) is 37.9 Å². The maximum atomic E-state index is 12.6. The van der Waals surface area contributed by atoms with Crippen molar-refractivity contribution in [3.8, 4) is 11.3 Å². The molecular weight excluding hydrogens is 320 g/mol. The molecule has 1 aliphatic carbocycles. The molecule has 7 heteroatoms. The lowest BCUT2D eigenvalue weighted by Crippen LogP contribution is -2.56. The summed E-state index contributed by atoms with van der Waals surface area (Å²) < 4.78 is 7.02. The zero-order valence-corrected chi connectivity index (χ0v) is 13.7. The third kappa shape index (κ3) is 2.83. The summed E-state index contributed by atoms with van der Waals surface area (Å²) in [5.74, 6) is -0.176. The van der Waals surface area contributed by atoms with Crippen molar-refractivity contribution in [2.24, 2.45) is 0 Å². The van der Waals surface area contributed by atoms with Gasteiger partial charge in [-0.3, -0.25) is 9.48 Å². The minimum Gasteiger partial charge on any atom is -0.438 e. The second kappa shape index (κ2) is 6.18. The predicted molar refractivity (Wildman–Crippen MR) is 89.8 cm³/mol. The van der Waals surface area contributed by atoms with Crippen LogP contribution in [0.1, 0.15) is 28.6 Å². The Morgan fingerprint density at radius 2 is 2.16 bits per heavy atom. The summed E-state index contributed by atoms with van der Waals surface area (Å²) in [6.45, 7) is 1.93. The Balaban J connectivity index is 1.53. The quantitative estimate of drug-likeness (QED) is 0.758. The summed E-state index contributed by atoms with van der Waals surface area (Å²) in [5.41, 5.74) is 2.32. The van der Waals surface area contributed by atoms with Crippen LogP contribution in [0.3, 0.4) is 0 Å². The van der Waals surface area contributed by atoms with Crippen molar-refractivity contribution in [1.29, 1.82) is 0 Å². The molecule has 1 amide bonds. The Morgan fingerprint density at radius 1 is 1.36 bits per heavy atom. The third-order valence-corrected chi connectivity index (χ3v) is 4.48. The summed E-state index contributed by atoms with van der Waals surface area (Å²) in [5, 5.41) is 17.2. The highest BCUT2D eigenvalue weighted by Gasteiger charge is 2.43. The van der Waals surface area contributed by atoms with E-state index in [-0.39, 0.29) is 23.8 Å². The smallest absolute Gasteiger partial charge is 0.289 e. The van der Waals surface area contributed by atoms with Crippen LogP contribution in [0.5, 0.6) is 0 Å². The lowest BCUT2D eigenvalue weighted by molar-refractivity contribution is -0.00624. The first-order chi connectivity index (χ1) is 12.1. The molecule has 2 N–H and O–H groups in total. The Kier molecular flexibility index (Phi) is 3.85. The number of amides is 1. The van der Waals surface area contributed by atoms with Crippen LogP contribution in [0.2, 0.25) is 0 Å². The molecule has 1 aliphatic rings. The zero-order valence-electron chi connectivity index (χ0n) is 13.7. The Morgan fingerprint density at radius 3 is 2.84 bits per heavy atom. The van der Waals surface area contributed by atoms with Gasteiger partial charge in [0.05, 0.1) is 24.4 Å². The number of hydrogen-bond acceptors (Lipinski definition) is 5. The van der Waals surface area contributed by atoms with Gasteiger partial charge in [-0.25, -0.2) is 4.98 Å². The second-order valence-corrected chi connectivity index (χ2v) is 6.27. The summed E-state index contributed by atoms with van der Waals surface area (Å²) in [4.78, 5) is 16.8. The van der Waals surface area contributed by atoms with Gasteiger partial charge >= 0.3 is 0 Å². The summed E-state index contributed by atoms with van der Waals surface area (Å²) >= 11 is 0. The molecule has 25 heavy (non-hydrogen) atoms. The lowest BCUT2D eigenvalue weighted by Gasteiger charge is -2.41. The number of nitrogens with one attached hydrogen (secondary N) is 1. The van der Waals surface area contributed by atoms with Gasteiger partial charge in [0.25, 0.3) is 5.91 Å². The van der Waals surface area contributed by atoms with Crippen molar-refractivity contribution in [3.63, 3.8) is 0 Å². The van der Waals surface area contributed by atoms with Crippen molar-refractivity contribution >= 4 is 5.91 Å². The Labute approximate surface area is 144 Å². The number of hydrogen-bond donors (Lipinski definition) is 2. The van der Waals surface area contributed by atoms with E-state index in [1.807, 2.05) is 43.5 Å². The number of aryl methyl sites for hydroxylation is 1. The Bertz CT molecular complexity index is 887. The van der Waals surface area contributed by atoms with E-state index in [2.05, 4.69) is 15.4 Å². The van der Waals surface area contributed by atoms with Crippen molar-refractivity contribution in [1.82, 2.24) is 20.1 Å². The van der Waals surface area contributed by atoms with Gasteiger partial charge in [0.2, 0.25) is 5.76 Å². The molecule has 0 spiro atoms. The standard InChI is InChI=1S/C18H18N4O3/c1-11-8-20-22(9-11)16-13(7-14(16)23)21-18(24)17-15(19-10-25-17)12-5-3-2-4-6-12/h2-6,8-10,13-14,16,23H,7H2,1H3,(H,21,24)/t13-,14+,16+/m0/s1. The number of rotatable bonds is 4. The van der Waals surface area contributed by atoms with Crippen molar-refractivity contribution in [2.75, 3.05) is 0 Å². The maximum Gasteiger partial charge on any atom is 0.289 e. The summed E-state index contributed by atoms with van der Waals surface area (Å²) in [6, 6.07) is 8.91. The van der Waals surface area contributed by atoms with Gasteiger partial charge in [-0.05, 0) is 18.9 Å². The van der Waals surface area contributed by atoms with Crippen molar-refractivity contribution in [3.05, 3.63) is 60.4 Å². The number of carbonyl (C=O) groups is 1. The van der Waals surface area contributed by atoms with E-state index in [4.69, 9.17) is 4.42 Å². The number of carbonyl (C=O) groups excluding carboxylic acids is 1. The molecule has 0 unspecified atom stereocenters. The molecule has 2 aromatic heterocycles. The van der Waals surface area contributed by atoms with Gasteiger partial charge in [-0.1, -0.05) is 30.3 Å². The third-order valence-electron chi connectivity index (χ3n) is 4.48. The molecule has 0 aliphatic heterocycles. The number of oxazole rings is 1. The highest BCUT2D eigenvalue weighted by molar-refractivity contribution is 5.97. The lowest BCUT2D eigenvalue weighted by atomic mass is 9.83. The first-order valence-corrected chi connectivity index (χ1v) is 8.12. The zero-order chi connectivity index (χ0) is 17.4. The minimum absolute atomic E-state index is 0.169. The molecule has 1 fully saturated rings. The first-order valence-electron chi connectivity index (χ1n) is 8.12. The number of aromatic nitrogens is 3. The van der Waals surface area contributed by atoms with Crippen molar-refractivity contribution < 1.29 is 14.3 Å². The highest BCUT2D eigenvalue weighted by atomic mass is 16.3. The van der Waals surface area contributed by atoms with Crippen LogP contribution in [0.15, 0.2) is 53.5 Å². The first kappa shape index (κ1) is 15.6. The predicted octanol–water partition coefficient (Wildman–Crippen LogP) is 1.95. The minimum atomic E-state index is -0.534. The highest BCUT2D eigenvalue weighted by Crippen LogP contribution is 2.33. The van der Waals surface area contributed by atoms with Gasteiger partial charge in [0, 0.05) is 11.8 Å². The molecule has 128 valence electrons. The van der Waals surface area contributed by atoms with E-state index < -0.39 is 6.10 Å². The summed E-state index contributed by atoms with van der Waals surface area (Å²) in [6.07, 6.45) is 4.79. The monoisotopic (exact) mass is 338 g/mol. The number of aliphatic hydroxyl groups excluding tert-OH is 1. The normalized spacial score (nSPS) is 22.4. The van der Waals surface area contributed by atoms with E-state index in [9.17, 15) is 9.90 Å². The van der Waals surface area contributed by atoms with Crippen molar-refractivity contribution in [2.45, 2.75) is 31.5 Å². The van der Waals surface area contributed by atoms with Crippen LogP contribution in [0, 0.1) is 6.92 Å². The molecule has 4 rings (SSSR count). The summed E-state index contributed by atoms with van der Waals surface area (Å²) in [7, 11) is 0. The van der Waals surface area contributed by atoms with E-state index in [1.165, 1.54) is 6.39 Å². The molecule has 3 atom stereocenters. The van der Waals surface area contributed by atoms with E-state index >= 15 is 0 Å². The molecule has 3 aromatic rings. The fourth-order valence-corrected chi connectivity index (χ4v) is 3.16.